The van der Waals surface area contributed by atoms with Crippen LogP contribution >= 0.6 is 0 Å². The van der Waals surface area contributed by atoms with E-state index in [4.69, 9.17) is 13.9 Å². The topological polar surface area (TPSA) is 93.6 Å². The van der Waals surface area contributed by atoms with E-state index in [1.807, 2.05) is 31.3 Å². The van der Waals surface area contributed by atoms with E-state index in [9.17, 15) is 9.59 Å². The van der Waals surface area contributed by atoms with Gasteiger partial charge in [0.15, 0.2) is 0 Å². The predicted octanol–water partition coefficient (Wildman–Crippen LogP) is 3.89. The molecule has 0 saturated heterocycles. The summed E-state index contributed by atoms with van der Waals surface area (Å²) in [5.74, 6) is 0.808. The lowest BCUT2D eigenvalue weighted by atomic mass is 10.0. The molecule has 1 amide bonds. The number of aryl methyl sites for hydroxylation is 1. The summed E-state index contributed by atoms with van der Waals surface area (Å²) in [6.45, 7) is 3.75. The number of hydrogen-bond donors (Lipinski definition) is 2. The molecule has 1 atom stereocenters. The average molecular weight is 434 g/mol. The van der Waals surface area contributed by atoms with Gasteiger partial charge in [-0.05, 0) is 37.5 Å². The number of methoxy groups -OCH3 is 2. The second kappa shape index (κ2) is 8.78. The van der Waals surface area contributed by atoms with Gasteiger partial charge in [-0.3, -0.25) is 4.79 Å². The van der Waals surface area contributed by atoms with Crippen molar-refractivity contribution in [1.82, 2.24) is 10.3 Å². The average Bonchev–Trinajstić information content (AvgIpc) is 3.18. The fourth-order valence-electron chi connectivity index (χ4n) is 4.13. The molecule has 4 aromatic rings. The number of rotatable bonds is 7. The zero-order chi connectivity index (χ0) is 22.8. The van der Waals surface area contributed by atoms with Gasteiger partial charge in [-0.25, -0.2) is 4.79 Å². The maximum absolute atomic E-state index is 12.8. The number of H-pyrrole nitrogens is 1. The van der Waals surface area contributed by atoms with Crippen molar-refractivity contribution >= 4 is 27.8 Å². The van der Waals surface area contributed by atoms with Gasteiger partial charge in [0.1, 0.15) is 17.1 Å². The minimum absolute atomic E-state index is 0.0719. The van der Waals surface area contributed by atoms with Crippen LogP contribution in [0.3, 0.4) is 0 Å². The normalized spacial score (nSPS) is 12.1. The van der Waals surface area contributed by atoms with Gasteiger partial charge < -0.3 is 24.2 Å². The molecule has 0 bridgehead atoms. The van der Waals surface area contributed by atoms with Gasteiger partial charge in [0.2, 0.25) is 5.91 Å². The Morgan fingerprint density at radius 3 is 2.72 bits per heavy atom. The second-order valence-electron chi connectivity index (χ2n) is 7.90. The lowest BCUT2D eigenvalue weighted by molar-refractivity contribution is -0.121. The van der Waals surface area contributed by atoms with E-state index in [2.05, 4.69) is 16.4 Å². The van der Waals surface area contributed by atoms with Crippen LogP contribution in [0.4, 0.5) is 0 Å². The van der Waals surface area contributed by atoms with E-state index >= 15 is 0 Å². The van der Waals surface area contributed by atoms with Crippen molar-refractivity contribution in [1.29, 1.82) is 0 Å². The summed E-state index contributed by atoms with van der Waals surface area (Å²) in [7, 11) is 3.07. The molecule has 32 heavy (non-hydrogen) atoms. The summed E-state index contributed by atoms with van der Waals surface area (Å²) in [6.07, 6.45) is 2.57. The number of amides is 1. The van der Waals surface area contributed by atoms with E-state index in [0.29, 0.717) is 40.0 Å². The van der Waals surface area contributed by atoms with Crippen LogP contribution in [0.5, 0.6) is 11.5 Å². The number of aromatic amines is 1. The molecule has 1 unspecified atom stereocenters. The van der Waals surface area contributed by atoms with E-state index in [0.717, 1.165) is 16.5 Å². The number of ether oxygens (including phenoxy) is 2. The Morgan fingerprint density at radius 1 is 1.19 bits per heavy atom. The van der Waals surface area contributed by atoms with Crippen LogP contribution in [-0.2, 0) is 17.6 Å². The van der Waals surface area contributed by atoms with Gasteiger partial charge in [-0.15, -0.1) is 0 Å². The number of nitrogens with one attached hydrogen (secondary N) is 2. The molecular formula is C25H26N2O5. The number of fused-ring (bicyclic) bond motifs is 2. The fourth-order valence-corrected chi connectivity index (χ4v) is 4.13. The number of hydrogen-bond acceptors (Lipinski definition) is 5. The number of carbonyl (C=O) groups excluding carboxylic acids is 1. The van der Waals surface area contributed by atoms with Crippen LogP contribution < -0.4 is 20.4 Å². The van der Waals surface area contributed by atoms with Crippen molar-refractivity contribution in [3.05, 3.63) is 69.7 Å². The highest BCUT2D eigenvalue weighted by Gasteiger charge is 2.20. The third-order valence-electron chi connectivity index (χ3n) is 5.72. The molecule has 2 heterocycles. The van der Waals surface area contributed by atoms with E-state index in [-0.39, 0.29) is 18.4 Å². The van der Waals surface area contributed by atoms with E-state index in [1.54, 1.807) is 19.1 Å². The molecule has 2 aromatic heterocycles. The highest BCUT2D eigenvalue weighted by atomic mass is 16.5. The summed E-state index contributed by atoms with van der Waals surface area (Å²) in [5.41, 5.74) is 3.00. The van der Waals surface area contributed by atoms with Crippen molar-refractivity contribution < 1.29 is 18.7 Å². The van der Waals surface area contributed by atoms with Crippen molar-refractivity contribution in [3.63, 3.8) is 0 Å². The highest BCUT2D eigenvalue weighted by Crippen LogP contribution is 2.33. The van der Waals surface area contributed by atoms with Gasteiger partial charge in [-0.1, -0.05) is 18.2 Å². The monoisotopic (exact) mass is 434 g/mol. The minimum atomic E-state index is -0.537. The second-order valence-corrected chi connectivity index (χ2v) is 7.90. The van der Waals surface area contributed by atoms with Gasteiger partial charge >= 0.3 is 5.63 Å². The van der Waals surface area contributed by atoms with Gasteiger partial charge in [0.25, 0.3) is 0 Å². The first-order valence-corrected chi connectivity index (χ1v) is 10.4. The third kappa shape index (κ3) is 4.06. The zero-order valence-corrected chi connectivity index (χ0v) is 18.6. The Bertz CT molecular complexity index is 1350. The van der Waals surface area contributed by atoms with Crippen LogP contribution in [0.2, 0.25) is 0 Å². The van der Waals surface area contributed by atoms with Crippen LogP contribution in [0.15, 0.2) is 51.8 Å². The summed E-state index contributed by atoms with van der Waals surface area (Å²) >= 11 is 0. The largest absolute Gasteiger partial charge is 0.496 e. The number of para-hydroxylation sites is 1. The molecule has 2 aromatic carbocycles. The van der Waals surface area contributed by atoms with Gasteiger partial charge in [0, 0.05) is 35.3 Å². The Kier molecular flexibility index (Phi) is 5.90. The molecule has 0 fully saturated rings. The quantitative estimate of drug-likeness (QED) is 0.431. The first kappa shape index (κ1) is 21.5. The SMILES string of the molecule is COc1cc(OC)c2c(C)c(CC(=O)NC(C)Cc3c[nH]c4ccccc34)c(=O)oc2c1. The summed E-state index contributed by atoms with van der Waals surface area (Å²) < 4.78 is 16.2. The van der Waals surface area contributed by atoms with Crippen molar-refractivity contribution in [2.75, 3.05) is 14.2 Å². The minimum Gasteiger partial charge on any atom is -0.496 e. The fraction of sp³-hybridized carbons (Fsp3) is 0.280. The van der Waals surface area contributed by atoms with E-state index in [1.165, 1.54) is 14.2 Å². The lowest BCUT2D eigenvalue weighted by Crippen LogP contribution is -2.36. The molecule has 0 aliphatic carbocycles. The molecule has 0 spiro atoms. The Balaban J connectivity index is 1.55. The van der Waals surface area contributed by atoms with Crippen LogP contribution in [0.25, 0.3) is 21.9 Å². The Hall–Kier alpha value is -3.74. The molecule has 4 rings (SSSR count). The van der Waals surface area contributed by atoms with E-state index < -0.39 is 5.63 Å². The molecule has 2 N–H and O–H groups in total. The van der Waals surface area contributed by atoms with Crippen molar-refractivity contribution in [2.45, 2.75) is 32.7 Å². The molecule has 0 saturated carbocycles. The standard InChI is InChI=1S/C25H26N2O5/c1-14(9-16-13-26-20-8-6-5-7-18(16)20)27-23(28)12-19-15(2)24-21(31-4)10-17(30-3)11-22(24)32-25(19)29/h5-8,10-11,13-14,26H,9,12H2,1-4H3,(H,27,28). The predicted molar refractivity (Wildman–Crippen MR) is 124 cm³/mol. The molecule has 0 aliphatic rings. The number of benzene rings is 2. The molecule has 166 valence electrons. The lowest BCUT2D eigenvalue weighted by Gasteiger charge is -2.15. The summed E-state index contributed by atoms with van der Waals surface area (Å²) in [6, 6.07) is 11.3. The highest BCUT2D eigenvalue weighted by molar-refractivity contribution is 5.90. The zero-order valence-electron chi connectivity index (χ0n) is 18.6. The maximum atomic E-state index is 12.8. The van der Waals surface area contributed by atoms with Crippen LogP contribution in [-0.4, -0.2) is 31.2 Å². The third-order valence-corrected chi connectivity index (χ3v) is 5.72. The molecule has 0 aliphatic heterocycles. The molecular weight excluding hydrogens is 408 g/mol. The van der Waals surface area contributed by atoms with Crippen molar-refractivity contribution in [3.8, 4) is 11.5 Å². The first-order chi connectivity index (χ1) is 15.4. The molecule has 7 heteroatoms. The van der Waals surface area contributed by atoms with Crippen molar-refractivity contribution in [2.24, 2.45) is 0 Å². The summed E-state index contributed by atoms with van der Waals surface area (Å²) in [5, 5.41) is 4.79. The maximum Gasteiger partial charge on any atom is 0.340 e. The van der Waals surface area contributed by atoms with Gasteiger partial charge in [-0.2, -0.15) is 0 Å². The smallest absolute Gasteiger partial charge is 0.340 e. The van der Waals surface area contributed by atoms with Crippen LogP contribution in [0, 0.1) is 6.92 Å². The first-order valence-electron chi connectivity index (χ1n) is 10.4. The van der Waals surface area contributed by atoms with Crippen LogP contribution in [0.1, 0.15) is 23.6 Å². The summed E-state index contributed by atoms with van der Waals surface area (Å²) in [4.78, 5) is 28.7. The molecule has 7 nitrogen and oxygen atoms in total. The Labute approximate surface area is 185 Å². The number of carbonyl (C=O) groups is 1. The number of aromatic nitrogens is 1. The molecule has 0 radical (unpaired) electrons. The van der Waals surface area contributed by atoms with Gasteiger partial charge in [0.05, 0.1) is 31.6 Å². The Morgan fingerprint density at radius 2 is 1.97 bits per heavy atom.